The van der Waals surface area contributed by atoms with Crippen LogP contribution >= 0.6 is 0 Å². The molecule has 0 radical (unpaired) electrons. The summed E-state index contributed by atoms with van der Waals surface area (Å²) in [5, 5.41) is 10.6. The quantitative estimate of drug-likeness (QED) is 0.717. The van der Waals surface area contributed by atoms with Gasteiger partial charge in [0.05, 0.1) is 5.60 Å². The van der Waals surface area contributed by atoms with E-state index in [4.69, 9.17) is 5.73 Å². The van der Waals surface area contributed by atoms with E-state index in [0.29, 0.717) is 5.92 Å². The molecule has 0 fully saturated rings. The number of rotatable bonds is 5. The molecule has 3 N–H and O–H groups in total. The molecule has 86 valence electrons. The Morgan fingerprint density at radius 2 is 1.36 bits per heavy atom. The summed E-state index contributed by atoms with van der Waals surface area (Å²) >= 11 is 0. The van der Waals surface area contributed by atoms with E-state index in [0.717, 1.165) is 6.42 Å². The summed E-state index contributed by atoms with van der Waals surface area (Å²) in [6, 6.07) is -0.123. The Morgan fingerprint density at radius 3 is 1.57 bits per heavy atom. The number of hydrogen-bond acceptors (Lipinski definition) is 2. The van der Waals surface area contributed by atoms with Crippen molar-refractivity contribution >= 4 is 0 Å². The van der Waals surface area contributed by atoms with Gasteiger partial charge in [0.2, 0.25) is 0 Å². The second-order valence-electron chi connectivity index (χ2n) is 5.43. The number of hydrogen-bond donors (Lipinski definition) is 2. The molecule has 1 atom stereocenters. The fourth-order valence-corrected chi connectivity index (χ4v) is 2.22. The molecule has 0 bridgehead atoms. The standard InChI is InChI=1S/C12H27NO/c1-8(2)7-11(13)12(14,9(3)4)10(5)6/h8-11,14H,7,13H2,1-6H3/t11-/m1/s1. The van der Waals surface area contributed by atoms with E-state index in [1.165, 1.54) is 0 Å². The largest absolute Gasteiger partial charge is 0.388 e. The van der Waals surface area contributed by atoms with Crippen molar-refractivity contribution in [2.24, 2.45) is 23.5 Å². The summed E-state index contributed by atoms with van der Waals surface area (Å²) in [5.74, 6) is 0.946. The molecule has 0 aromatic heterocycles. The summed E-state index contributed by atoms with van der Waals surface area (Å²) < 4.78 is 0. The van der Waals surface area contributed by atoms with Gasteiger partial charge >= 0.3 is 0 Å². The Hall–Kier alpha value is -0.0800. The molecule has 2 heteroatoms. The highest BCUT2D eigenvalue weighted by Gasteiger charge is 2.40. The lowest BCUT2D eigenvalue weighted by molar-refractivity contribution is -0.0721. The van der Waals surface area contributed by atoms with Crippen molar-refractivity contribution in [3.05, 3.63) is 0 Å². The molecular weight excluding hydrogens is 174 g/mol. The topological polar surface area (TPSA) is 46.2 Å². The van der Waals surface area contributed by atoms with Crippen LogP contribution in [0.15, 0.2) is 0 Å². The molecule has 0 aromatic carbocycles. The average Bonchev–Trinajstić information content (AvgIpc) is 2.00. The molecule has 0 saturated heterocycles. The minimum absolute atomic E-state index is 0.123. The molecule has 0 rings (SSSR count). The maximum atomic E-state index is 10.6. The van der Waals surface area contributed by atoms with Crippen LogP contribution in [0, 0.1) is 17.8 Å². The highest BCUT2D eigenvalue weighted by atomic mass is 16.3. The van der Waals surface area contributed by atoms with E-state index in [-0.39, 0.29) is 17.9 Å². The van der Waals surface area contributed by atoms with Crippen LogP contribution in [0.4, 0.5) is 0 Å². The Bertz CT molecular complexity index is 156. The van der Waals surface area contributed by atoms with E-state index < -0.39 is 5.60 Å². The van der Waals surface area contributed by atoms with Gasteiger partial charge in [0.25, 0.3) is 0 Å². The number of nitrogens with two attached hydrogens (primary N) is 1. The Kier molecular flexibility index (Phi) is 5.10. The third kappa shape index (κ3) is 2.96. The zero-order chi connectivity index (χ0) is 11.5. The molecule has 14 heavy (non-hydrogen) atoms. The first kappa shape index (κ1) is 13.9. The molecule has 0 aliphatic carbocycles. The molecule has 0 aromatic rings. The van der Waals surface area contributed by atoms with E-state index >= 15 is 0 Å². The van der Waals surface area contributed by atoms with Crippen LogP contribution < -0.4 is 5.73 Å². The fourth-order valence-electron chi connectivity index (χ4n) is 2.22. The summed E-state index contributed by atoms with van der Waals surface area (Å²) in [7, 11) is 0. The van der Waals surface area contributed by atoms with Crippen LogP contribution in [0.5, 0.6) is 0 Å². The normalized spacial score (nSPS) is 15.6. The maximum absolute atomic E-state index is 10.6. The van der Waals surface area contributed by atoms with Crippen LogP contribution in [-0.2, 0) is 0 Å². The Labute approximate surface area is 88.9 Å². The molecule has 0 aliphatic rings. The van der Waals surface area contributed by atoms with Gasteiger partial charge in [-0.2, -0.15) is 0 Å². The van der Waals surface area contributed by atoms with E-state index in [9.17, 15) is 5.11 Å². The van der Waals surface area contributed by atoms with Crippen molar-refractivity contribution in [3.63, 3.8) is 0 Å². The molecule has 0 heterocycles. The van der Waals surface area contributed by atoms with Crippen molar-refractivity contribution in [2.75, 3.05) is 0 Å². The minimum Gasteiger partial charge on any atom is -0.388 e. The monoisotopic (exact) mass is 201 g/mol. The zero-order valence-electron chi connectivity index (χ0n) is 10.5. The van der Waals surface area contributed by atoms with Crippen LogP contribution in [0.2, 0.25) is 0 Å². The first-order valence-electron chi connectivity index (χ1n) is 5.70. The van der Waals surface area contributed by atoms with Crippen molar-refractivity contribution < 1.29 is 5.11 Å². The van der Waals surface area contributed by atoms with Crippen molar-refractivity contribution in [1.82, 2.24) is 0 Å². The first-order chi connectivity index (χ1) is 6.22. The lowest BCUT2D eigenvalue weighted by Crippen LogP contribution is -2.56. The van der Waals surface area contributed by atoms with Gasteiger partial charge in [-0.25, -0.2) is 0 Å². The summed E-state index contributed by atoms with van der Waals surface area (Å²) in [4.78, 5) is 0. The van der Waals surface area contributed by atoms with Crippen LogP contribution in [0.3, 0.4) is 0 Å². The van der Waals surface area contributed by atoms with Gasteiger partial charge in [0, 0.05) is 6.04 Å². The second-order valence-corrected chi connectivity index (χ2v) is 5.43. The summed E-state index contributed by atoms with van der Waals surface area (Å²) in [5.41, 5.74) is 5.37. The van der Waals surface area contributed by atoms with Gasteiger partial charge < -0.3 is 10.8 Å². The Balaban J connectivity index is 4.65. The predicted octanol–water partition coefficient (Wildman–Crippen LogP) is 2.40. The van der Waals surface area contributed by atoms with Gasteiger partial charge in [-0.05, 0) is 24.2 Å². The highest BCUT2D eigenvalue weighted by Crippen LogP contribution is 2.31. The first-order valence-corrected chi connectivity index (χ1v) is 5.70. The van der Waals surface area contributed by atoms with Gasteiger partial charge in [0.15, 0.2) is 0 Å². The SMILES string of the molecule is CC(C)C[C@@H](N)C(O)(C(C)C)C(C)C. The molecule has 0 spiro atoms. The summed E-state index contributed by atoms with van der Waals surface area (Å²) in [6.45, 7) is 12.4. The van der Waals surface area contributed by atoms with Crippen LogP contribution in [0.1, 0.15) is 48.0 Å². The second kappa shape index (κ2) is 5.13. The lowest BCUT2D eigenvalue weighted by atomic mass is 9.73. The van der Waals surface area contributed by atoms with Gasteiger partial charge in [0.1, 0.15) is 0 Å². The third-order valence-electron chi connectivity index (χ3n) is 3.17. The van der Waals surface area contributed by atoms with Crippen molar-refractivity contribution in [3.8, 4) is 0 Å². The molecule has 0 amide bonds. The van der Waals surface area contributed by atoms with Gasteiger partial charge in [-0.15, -0.1) is 0 Å². The van der Waals surface area contributed by atoms with Crippen LogP contribution in [-0.4, -0.2) is 16.7 Å². The Morgan fingerprint density at radius 1 is 1.00 bits per heavy atom. The van der Waals surface area contributed by atoms with Gasteiger partial charge in [-0.1, -0.05) is 41.5 Å². The molecule has 0 aliphatic heterocycles. The van der Waals surface area contributed by atoms with E-state index in [1.807, 2.05) is 27.7 Å². The predicted molar refractivity (Wildman–Crippen MR) is 62.1 cm³/mol. The lowest BCUT2D eigenvalue weighted by Gasteiger charge is -2.41. The zero-order valence-corrected chi connectivity index (χ0v) is 10.5. The smallest absolute Gasteiger partial charge is 0.0843 e. The molecule has 2 nitrogen and oxygen atoms in total. The van der Waals surface area contributed by atoms with Crippen molar-refractivity contribution in [2.45, 2.75) is 59.6 Å². The minimum atomic E-state index is -0.732. The molecule has 0 unspecified atom stereocenters. The third-order valence-corrected chi connectivity index (χ3v) is 3.17. The van der Waals surface area contributed by atoms with Crippen molar-refractivity contribution in [1.29, 1.82) is 0 Å². The molecular formula is C12H27NO. The maximum Gasteiger partial charge on any atom is 0.0843 e. The van der Waals surface area contributed by atoms with Gasteiger partial charge in [-0.3, -0.25) is 0 Å². The summed E-state index contributed by atoms with van der Waals surface area (Å²) in [6.07, 6.45) is 0.882. The van der Waals surface area contributed by atoms with Crippen LogP contribution in [0.25, 0.3) is 0 Å². The number of aliphatic hydroxyl groups is 1. The molecule has 0 saturated carbocycles. The fraction of sp³-hybridized carbons (Fsp3) is 1.00. The van der Waals surface area contributed by atoms with E-state index in [1.54, 1.807) is 0 Å². The van der Waals surface area contributed by atoms with E-state index in [2.05, 4.69) is 13.8 Å². The average molecular weight is 201 g/mol. The highest BCUT2D eigenvalue weighted by molar-refractivity contribution is 4.94.